The summed E-state index contributed by atoms with van der Waals surface area (Å²) in [5.41, 5.74) is 0. The SMILES string of the molecule is CCCCCCCCCCCCCCCCCCNC(=O)C1CCCCC1. The van der Waals surface area contributed by atoms with E-state index in [-0.39, 0.29) is 0 Å². The monoisotopic (exact) mass is 379 g/mol. The van der Waals surface area contributed by atoms with Gasteiger partial charge in [0.15, 0.2) is 0 Å². The number of carbonyl (C=O) groups excluding carboxylic acids is 1. The second kappa shape index (κ2) is 18.8. The maximum absolute atomic E-state index is 12.0. The molecule has 0 bridgehead atoms. The van der Waals surface area contributed by atoms with Crippen LogP contribution in [0.1, 0.15) is 142 Å². The van der Waals surface area contributed by atoms with Crippen molar-refractivity contribution in [1.82, 2.24) is 5.32 Å². The lowest BCUT2D eigenvalue weighted by molar-refractivity contribution is -0.125. The maximum Gasteiger partial charge on any atom is 0.223 e. The average Bonchev–Trinajstić information content (AvgIpc) is 2.70. The van der Waals surface area contributed by atoms with Gasteiger partial charge in [0.2, 0.25) is 5.91 Å². The molecule has 0 spiro atoms. The van der Waals surface area contributed by atoms with Crippen molar-refractivity contribution in [3.05, 3.63) is 0 Å². The predicted molar refractivity (Wildman–Crippen MR) is 119 cm³/mol. The summed E-state index contributed by atoms with van der Waals surface area (Å²) in [6.45, 7) is 3.19. The van der Waals surface area contributed by atoms with E-state index in [4.69, 9.17) is 0 Å². The Bertz CT molecular complexity index is 322. The van der Waals surface area contributed by atoms with E-state index in [9.17, 15) is 4.79 Å². The van der Waals surface area contributed by atoms with E-state index in [1.165, 1.54) is 116 Å². The highest BCUT2D eigenvalue weighted by Gasteiger charge is 2.20. The molecule has 2 heteroatoms. The summed E-state index contributed by atoms with van der Waals surface area (Å²) in [4.78, 5) is 12.0. The van der Waals surface area contributed by atoms with Crippen molar-refractivity contribution in [3.8, 4) is 0 Å². The Morgan fingerprint density at radius 3 is 1.48 bits per heavy atom. The molecular formula is C25H49NO. The molecule has 2 nitrogen and oxygen atoms in total. The zero-order valence-electron chi connectivity index (χ0n) is 18.5. The summed E-state index contributed by atoms with van der Waals surface area (Å²) in [5, 5.41) is 3.16. The first-order valence-corrected chi connectivity index (χ1v) is 12.6. The molecule has 1 amide bonds. The van der Waals surface area contributed by atoms with Crippen LogP contribution in [0.5, 0.6) is 0 Å². The third-order valence-electron chi connectivity index (χ3n) is 6.31. The highest BCUT2D eigenvalue weighted by molar-refractivity contribution is 5.78. The molecule has 1 aliphatic carbocycles. The van der Waals surface area contributed by atoms with Crippen molar-refractivity contribution in [2.75, 3.05) is 6.54 Å². The first-order valence-electron chi connectivity index (χ1n) is 12.6. The van der Waals surface area contributed by atoms with Crippen LogP contribution in [-0.2, 0) is 4.79 Å². The Balaban J connectivity index is 1.71. The molecular weight excluding hydrogens is 330 g/mol. The zero-order chi connectivity index (χ0) is 19.4. The van der Waals surface area contributed by atoms with Gasteiger partial charge in [0.1, 0.15) is 0 Å². The van der Waals surface area contributed by atoms with Crippen LogP contribution < -0.4 is 5.32 Å². The number of carbonyl (C=O) groups is 1. The van der Waals surface area contributed by atoms with Gasteiger partial charge in [-0.1, -0.05) is 122 Å². The molecule has 0 aromatic heterocycles. The van der Waals surface area contributed by atoms with Crippen molar-refractivity contribution in [1.29, 1.82) is 0 Å². The van der Waals surface area contributed by atoms with Gasteiger partial charge in [0.25, 0.3) is 0 Å². The first kappa shape index (κ1) is 24.5. The predicted octanol–water partition coefficient (Wildman–Crippen LogP) is 7.94. The van der Waals surface area contributed by atoms with Crippen LogP contribution >= 0.6 is 0 Å². The summed E-state index contributed by atoms with van der Waals surface area (Å²) in [6.07, 6.45) is 28.5. The van der Waals surface area contributed by atoms with Gasteiger partial charge < -0.3 is 5.32 Å². The average molecular weight is 380 g/mol. The van der Waals surface area contributed by atoms with Gasteiger partial charge in [-0.15, -0.1) is 0 Å². The van der Waals surface area contributed by atoms with Gasteiger partial charge in [0, 0.05) is 12.5 Å². The number of nitrogens with one attached hydrogen (secondary N) is 1. The lowest BCUT2D eigenvalue weighted by atomic mass is 9.88. The van der Waals surface area contributed by atoms with E-state index >= 15 is 0 Å². The summed E-state index contributed by atoms with van der Waals surface area (Å²) in [7, 11) is 0. The van der Waals surface area contributed by atoms with Crippen molar-refractivity contribution < 1.29 is 4.79 Å². The van der Waals surface area contributed by atoms with Crippen LogP contribution in [-0.4, -0.2) is 12.5 Å². The second-order valence-electron chi connectivity index (χ2n) is 8.93. The fourth-order valence-electron chi connectivity index (χ4n) is 4.39. The molecule has 0 unspecified atom stereocenters. The van der Waals surface area contributed by atoms with Gasteiger partial charge >= 0.3 is 0 Å². The highest BCUT2D eigenvalue weighted by atomic mass is 16.1. The van der Waals surface area contributed by atoms with Gasteiger partial charge in [-0.05, 0) is 19.3 Å². The molecule has 160 valence electrons. The fourth-order valence-corrected chi connectivity index (χ4v) is 4.39. The molecule has 0 aliphatic heterocycles. The number of amides is 1. The Labute approximate surface area is 170 Å². The zero-order valence-corrected chi connectivity index (χ0v) is 18.5. The van der Waals surface area contributed by atoms with Gasteiger partial charge in [0.05, 0.1) is 0 Å². The molecule has 0 atom stereocenters. The summed E-state index contributed by atoms with van der Waals surface area (Å²) >= 11 is 0. The van der Waals surface area contributed by atoms with Crippen molar-refractivity contribution in [2.24, 2.45) is 5.92 Å². The molecule has 0 aromatic carbocycles. The second-order valence-corrected chi connectivity index (χ2v) is 8.93. The van der Waals surface area contributed by atoms with Gasteiger partial charge in [-0.3, -0.25) is 4.79 Å². The van der Waals surface area contributed by atoms with Crippen LogP contribution in [0, 0.1) is 5.92 Å². The van der Waals surface area contributed by atoms with E-state index in [1.807, 2.05) is 0 Å². The molecule has 1 saturated carbocycles. The quantitative estimate of drug-likeness (QED) is 0.240. The molecule has 0 saturated heterocycles. The van der Waals surface area contributed by atoms with Crippen molar-refractivity contribution >= 4 is 5.91 Å². The standard InChI is InChI=1S/C25H49NO/c1-2-3-4-5-6-7-8-9-10-11-12-13-14-15-16-20-23-26-25(27)24-21-18-17-19-22-24/h24H,2-23H2,1H3,(H,26,27). The topological polar surface area (TPSA) is 29.1 Å². The molecule has 1 fully saturated rings. The lowest BCUT2D eigenvalue weighted by Crippen LogP contribution is -2.32. The van der Waals surface area contributed by atoms with Crippen LogP contribution in [0.25, 0.3) is 0 Å². The number of unbranched alkanes of at least 4 members (excludes halogenated alkanes) is 15. The molecule has 0 radical (unpaired) electrons. The molecule has 0 aromatic rings. The largest absolute Gasteiger partial charge is 0.356 e. The van der Waals surface area contributed by atoms with E-state index in [0.717, 1.165) is 25.8 Å². The fraction of sp³-hybridized carbons (Fsp3) is 0.960. The Kier molecular flexibility index (Phi) is 17.1. The van der Waals surface area contributed by atoms with Crippen molar-refractivity contribution in [2.45, 2.75) is 142 Å². The van der Waals surface area contributed by atoms with Gasteiger partial charge in [-0.2, -0.15) is 0 Å². The van der Waals surface area contributed by atoms with Crippen molar-refractivity contribution in [3.63, 3.8) is 0 Å². The third kappa shape index (κ3) is 15.1. The minimum Gasteiger partial charge on any atom is -0.356 e. The van der Waals surface area contributed by atoms with E-state index in [1.54, 1.807) is 0 Å². The van der Waals surface area contributed by atoms with E-state index in [2.05, 4.69) is 12.2 Å². The smallest absolute Gasteiger partial charge is 0.223 e. The summed E-state index contributed by atoms with van der Waals surface area (Å²) in [5.74, 6) is 0.649. The van der Waals surface area contributed by atoms with Gasteiger partial charge in [-0.25, -0.2) is 0 Å². The third-order valence-corrected chi connectivity index (χ3v) is 6.31. The Morgan fingerprint density at radius 1 is 0.630 bits per heavy atom. The minimum atomic E-state index is 0.319. The van der Waals surface area contributed by atoms with Crippen LogP contribution in [0.4, 0.5) is 0 Å². The normalized spacial score (nSPS) is 15.1. The van der Waals surface area contributed by atoms with E-state index < -0.39 is 0 Å². The molecule has 1 N–H and O–H groups in total. The van der Waals surface area contributed by atoms with Crippen LogP contribution in [0.3, 0.4) is 0 Å². The van der Waals surface area contributed by atoms with Crippen LogP contribution in [0.2, 0.25) is 0 Å². The van der Waals surface area contributed by atoms with Crippen LogP contribution in [0.15, 0.2) is 0 Å². The molecule has 27 heavy (non-hydrogen) atoms. The molecule has 1 aliphatic rings. The number of hydrogen-bond acceptors (Lipinski definition) is 1. The Hall–Kier alpha value is -0.530. The molecule has 0 heterocycles. The van der Waals surface area contributed by atoms with E-state index in [0.29, 0.717) is 11.8 Å². The summed E-state index contributed by atoms with van der Waals surface area (Å²) in [6, 6.07) is 0. The minimum absolute atomic E-state index is 0.319. The Morgan fingerprint density at radius 2 is 1.04 bits per heavy atom. The highest BCUT2D eigenvalue weighted by Crippen LogP contribution is 2.23. The summed E-state index contributed by atoms with van der Waals surface area (Å²) < 4.78 is 0. The lowest BCUT2D eigenvalue weighted by Gasteiger charge is -2.20. The maximum atomic E-state index is 12.0. The number of rotatable bonds is 18. The first-order chi connectivity index (χ1) is 13.3. The number of hydrogen-bond donors (Lipinski definition) is 1. The molecule has 1 rings (SSSR count).